The van der Waals surface area contributed by atoms with Crippen LogP contribution in [0, 0.1) is 0 Å². The molecule has 6 nitrogen and oxygen atoms in total. The molecule has 0 aliphatic carbocycles. The highest BCUT2D eigenvalue weighted by molar-refractivity contribution is 8.73. The summed E-state index contributed by atoms with van der Waals surface area (Å²) in [5, 5.41) is 0.212. The molecule has 1 aromatic heterocycles. The summed E-state index contributed by atoms with van der Waals surface area (Å²) in [5.41, 5.74) is 8.89. The van der Waals surface area contributed by atoms with E-state index < -0.39 is 0 Å². The number of anilines is 2. The van der Waals surface area contributed by atoms with E-state index in [1.807, 2.05) is 83.6 Å². The van der Waals surface area contributed by atoms with Gasteiger partial charge in [0.05, 0.1) is 0 Å². The summed E-state index contributed by atoms with van der Waals surface area (Å²) in [6, 6.07) is 72.7. The maximum atomic E-state index is 5.03. The average molecular weight is 766 g/mol. The smallest absolute Gasteiger partial charge is 0.413 e. The van der Waals surface area contributed by atoms with E-state index in [9.17, 15) is 0 Å². The Morgan fingerprint density at radius 2 is 0.789 bits per heavy atom. The molecule has 2 saturated heterocycles. The molecule has 0 bridgehead atoms. The number of para-hydroxylation sites is 2. The van der Waals surface area contributed by atoms with E-state index in [0.717, 1.165) is 33.5 Å². The lowest BCUT2D eigenvalue weighted by atomic mass is 9.63. The van der Waals surface area contributed by atoms with Gasteiger partial charge in [-0.1, -0.05) is 193 Å². The van der Waals surface area contributed by atoms with Gasteiger partial charge in [0, 0.05) is 28.1 Å². The summed E-state index contributed by atoms with van der Waals surface area (Å²) in [6.45, 7) is -0.166. The number of aromatic nitrogens is 3. The van der Waals surface area contributed by atoms with Crippen LogP contribution in [0.5, 0.6) is 0 Å². The Morgan fingerprint density at radius 3 is 1.30 bits per heavy atom. The number of hydrogen-bond acceptors (Lipinski definition) is 8. The van der Waals surface area contributed by atoms with Crippen molar-refractivity contribution in [1.29, 1.82) is 0 Å². The minimum Gasteiger partial charge on any atom is -0.414 e. The Morgan fingerprint density at radius 1 is 0.368 bits per heavy atom. The number of benzene rings is 7. The van der Waals surface area contributed by atoms with Gasteiger partial charge < -0.3 is 9.64 Å². The maximum absolute atomic E-state index is 5.03. The minimum atomic E-state index is -0.166. The van der Waals surface area contributed by atoms with E-state index >= 15 is 0 Å². The molecule has 0 N–H and O–H groups in total. The third kappa shape index (κ3) is 7.05. The molecule has 10 rings (SSSR count). The van der Waals surface area contributed by atoms with Crippen molar-refractivity contribution in [2.45, 2.75) is 0 Å². The maximum Gasteiger partial charge on any atom is 0.413 e. The van der Waals surface area contributed by atoms with Gasteiger partial charge in [0.1, 0.15) is 0 Å². The van der Waals surface area contributed by atoms with Gasteiger partial charge in [-0.2, -0.15) is 11.5 Å². The van der Waals surface area contributed by atoms with Gasteiger partial charge in [0.25, 0.3) is 5.27 Å². The van der Waals surface area contributed by atoms with Crippen molar-refractivity contribution >= 4 is 75.3 Å². The SMILES string of the molecule is c1ccc(B2SB(c3ccccc3)N3B(S2)N(c2ccccc2)B(c2ccc(-c4nc(-c5ccccc5)nc(-c5ccccc5)n4)cc2)N3c2ccccc2)cc1. The number of hydrogen-bond donors (Lipinski definition) is 0. The molecule has 0 radical (unpaired) electrons. The van der Waals surface area contributed by atoms with E-state index in [4.69, 9.17) is 15.0 Å². The summed E-state index contributed by atoms with van der Waals surface area (Å²) in [4.78, 5) is 20.1. The zero-order valence-electron chi connectivity index (χ0n) is 30.9. The van der Waals surface area contributed by atoms with E-state index in [0.29, 0.717) is 17.5 Å². The van der Waals surface area contributed by atoms with Crippen molar-refractivity contribution in [1.82, 2.24) is 19.8 Å². The molecule has 0 spiro atoms. The Balaban J connectivity index is 1.12. The number of hydrazine groups is 1. The first-order chi connectivity index (χ1) is 28.3. The van der Waals surface area contributed by atoms with Crippen LogP contribution in [0.2, 0.25) is 0 Å². The van der Waals surface area contributed by atoms with Crippen LogP contribution in [0.15, 0.2) is 206 Å². The fourth-order valence-electron chi connectivity index (χ4n) is 7.66. The molecule has 2 fully saturated rings. The van der Waals surface area contributed by atoms with Crippen LogP contribution in [0.3, 0.4) is 0 Å². The summed E-state index contributed by atoms with van der Waals surface area (Å²) < 4.78 is 2.60. The summed E-state index contributed by atoms with van der Waals surface area (Å²) in [5.74, 6) is 1.94. The van der Waals surface area contributed by atoms with Crippen LogP contribution in [0.1, 0.15) is 0 Å². The van der Waals surface area contributed by atoms with Crippen LogP contribution in [-0.4, -0.2) is 44.4 Å². The largest absolute Gasteiger partial charge is 0.414 e. The molecular weight excluding hydrogens is 732 g/mol. The Bertz CT molecular complexity index is 2510. The van der Waals surface area contributed by atoms with Crippen LogP contribution in [0.4, 0.5) is 11.4 Å². The summed E-state index contributed by atoms with van der Waals surface area (Å²) in [6.07, 6.45) is 0.00992. The summed E-state index contributed by atoms with van der Waals surface area (Å²) in [7, 11) is 0. The molecule has 3 heterocycles. The van der Waals surface area contributed by atoms with Crippen molar-refractivity contribution in [3.8, 4) is 34.2 Å². The van der Waals surface area contributed by atoms with Gasteiger partial charge in [0.2, 0.25) is 0 Å². The van der Waals surface area contributed by atoms with Crippen molar-refractivity contribution in [2.75, 3.05) is 9.64 Å². The van der Waals surface area contributed by atoms with Crippen LogP contribution >= 0.6 is 22.9 Å². The normalized spacial score (nSPS) is 14.2. The fraction of sp³-hybridized carbons (Fsp3) is 0. The van der Waals surface area contributed by atoms with Gasteiger partial charge in [-0.15, -0.1) is 0 Å². The highest BCUT2D eigenvalue weighted by Crippen LogP contribution is 2.44. The molecule has 7 aromatic carbocycles. The standard InChI is InChI=1S/C45H34B4N6S2/c1-7-19-35(20-8-1)43-50-44(36-21-9-2-10-22-36)52-45(51-43)37-31-33-38(34-32-37)46-53(41-27-15-5-16-28-41)49-55(54(46)42-29-17-6-18-30-42)47(39-23-11-3-12-24-39)56-48(57-49)40-25-13-4-14-26-40/h1-34H. The lowest BCUT2D eigenvalue weighted by Crippen LogP contribution is -2.63. The zero-order valence-corrected chi connectivity index (χ0v) is 32.6. The van der Waals surface area contributed by atoms with E-state index in [2.05, 4.69) is 160 Å². The third-order valence-electron chi connectivity index (χ3n) is 10.3. The molecule has 2 aliphatic rings. The van der Waals surface area contributed by atoms with Gasteiger partial charge >= 0.3 is 19.4 Å². The number of nitrogens with zero attached hydrogens (tertiary/aromatic N) is 6. The molecule has 8 aromatic rings. The molecule has 57 heavy (non-hydrogen) atoms. The van der Waals surface area contributed by atoms with Gasteiger partial charge in [0.15, 0.2) is 17.5 Å². The van der Waals surface area contributed by atoms with Crippen LogP contribution < -0.4 is 26.0 Å². The predicted molar refractivity (Wildman–Crippen MR) is 246 cm³/mol. The minimum absolute atomic E-state index is 0.0284. The molecule has 0 saturated carbocycles. The molecule has 12 heteroatoms. The van der Waals surface area contributed by atoms with Crippen LogP contribution in [-0.2, 0) is 0 Å². The van der Waals surface area contributed by atoms with E-state index in [-0.39, 0.29) is 24.6 Å². The summed E-state index contributed by atoms with van der Waals surface area (Å²) >= 11 is 4.00. The van der Waals surface area contributed by atoms with E-state index in [1.54, 1.807) is 0 Å². The predicted octanol–water partition coefficient (Wildman–Crippen LogP) is 8.07. The molecule has 0 amide bonds. The van der Waals surface area contributed by atoms with Gasteiger partial charge in [-0.05, 0) is 29.7 Å². The van der Waals surface area contributed by atoms with E-state index in [1.165, 1.54) is 10.9 Å². The van der Waals surface area contributed by atoms with Crippen molar-refractivity contribution < 1.29 is 0 Å². The quantitative estimate of drug-likeness (QED) is 0.144. The highest BCUT2D eigenvalue weighted by Gasteiger charge is 2.60. The fourth-order valence-corrected chi connectivity index (χ4v) is 11.1. The lowest BCUT2D eigenvalue weighted by molar-refractivity contribution is 0.741. The van der Waals surface area contributed by atoms with Crippen molar-refractivity contribution in [3.63, 3.8) is 0 Å². The first-order valence-electron chi connectivity index (χ1n) is 19.1. The van der Waals surface area contributed by atoms with Crippen molar-refractivity contribution in [2.24, 2.45) is 0 Å². The van der Waals surface area contributed by atoms with Crippen LogP contribution in [0.25, 0.3) is 34.2 Å². The highest BCUT2D eigenvalue weighted by atomic mass is 32.2. The molecule has 0 unspecified atom stereocenters. The Kier molecular flexibility index (Phi) is 9.90. The number of fused-ring (bicyclic) bond motifs is 1. The monoisotopic (exact) mass is 766 g/mol. The second-order valence-electron chi connectivity index (χ2n) is 13.9. The second kappa shape index (κ2) is 15.9. The first-order valence-corrected chi connectivity index (χ1v) is 21.0. The van der Waals surface area contributed by atoms with Crippen molar-refractivity contribution in [3.05, 3.63) is 206 Å². The molecule has 268 valence electrons. The Hall–Kier alpha value is -5.93. The molecule has 0 atom stereocenters. The molecule has 2 aliphatic heterocycles. The topological polar surface area (TPSA) is 48.4 Å². The first kappa shape index (κ1) is 35.5. The lowest BCUT2D eigenvalue weighted by Gasteiger charge is -2.42. The second-order valence-corrected chi connectivity index (χ2v) is 16.6. The van der Waals surface area contributed by atoms with Gasteiger partial charge in [-0.3, -0.25) is 4.83 Å². The Labute approximate surface area is 343 Å². The average Bonchev–Trinajstić information content (AvgIpc) is 3.65. The molecular formula is C45H34B4N6S2. The number of rotatable bonds is 8. The zero-order chi connectivity index (χ0) is 38.0. The van der Waals surface area contributed by atoms with Gasteiger partial charge in [-0.25, -0.2) is 26.4 Å². The third-order valence-corrected chi connectivity index (χ3v) is 13.5.